The first-order valence-electron chi connectivity index (χ1n) is 4.32. The first kappa shape index (κ1) is 9.64. The third-order valence-corrected chi connectivity index (χ3v) is 2.16. The summed E-state index contributed by atoms with van der Waals surface area (Å²) in [6, 6.07) is 3.69. The van der Waals surface area contributed by atoms with Gasteiger partial charge < -0.3 is 10.3 Å². The molecule has 0 radical (unpaired) electrons. The van der Waals surface area contributed by atoms with Crippen molar-refractivity contribution in [2.45, 2.75) is 0 Å². The minimum atomic E-state index is -0.945. The molecule has 0 fully saturated rings. The fourth-order valence-corrected chi connectivity index (χ4v) is 1.40. The van der Waals surface area contributed by atoms with Crippen LogP contribution in [0.1, 0.15) is 10.5 Å². The molecule has 0 atom stereocenters. The average Bonchev–Trinajstić information content (AvgIpc) is 2.67. The van der Waals surface area contributed by atoms with Crippen LogP contribution < -0.4 is 5.32 Å². The van der Waals surface area contributed by atoms with E-state index in [4.69, 9.17) is 0 Å². The molecule has 1 aromatic heterocycles. The summed E-state index contributed by atoms with van der Waals surface area (Å²) in [4.78, 5) is 13.9. The minimum Gasteiger partial charge on any atom is -0.354 e. The summed E-state index contributed by atoms with van der Waals surface area (Å²) in [5.41, 5.74) is 0.601. The molecule has 2 aromatic rings. The molecule has 78 valence electrons. The van der Waals surface area contributed by atoms with Crippen LogP contribution in [0.2, 0.25) is 0 Å². The Morgan fingerprint density at radius 3 is 2.80 bits per heavy atom. The highest BCUT2D eigenvalue weighted by Gasteiger charge is 2.12. The van der Waals surface area contributed by atoms with Crippen LogP contribution in [0.3, 0.4) is 0 Å². The number of carbonyl (C=O) groups excluding carboxylic acids is 1. The van der Waals surface area contributed by atoms with Crippen LogP contribution in [-0.4, -0.2) is 17.9 Å². The van der Waals surface area contributed by atoms with E-state index in [1.54, 1.807) is 0 Å². The van der Waals surface area contributed by atoms with Crippen molar-refractivity contribution in [3.63, 3.8) is 0 Å². The Bertz CT molecular complexity index is 533. The molecule has 15 heavy (non-hydrogen) atoms. The number of H-pyrrole nitrogens is 1. The monoisotopic (exact) mass is 210 g/mol. The van der Waals surface area contributed by atoms with Gasteiger partial charge in [0.15, 0.2) is 11.6 Å². The summed E-state index contributed by atoms with van der Waals surface area (Å²) in [5.74, 6) is -2.24. The fraction of sp³-hybridized carbons (Fsp3) is 0.100. The topological polar surface area (TPSA) is 44.9 Å². The molecule has 0 aliphatic heterocycles. The molecule has 1 heterocycles. The summed E-state index contributed by atoms with van der Waals surface area (Å²) in [7, 11) is 1.46. The number of halogens is 2. The normalized spacial score (nSPS) is 10.6. The molecule has 3 nitrogen and oxygen atoms in total. The Morgan fingerprint density at radius 2 is 2.13 bits per heavy atom. The van der Waals surface area contributed by atoms with Crippen LogP contribution in [0, 0.1) is 11.6 Å². The van der Waals surface area contributed by atoms with Crippen LogP contribution in [0.4, 0.5) is 8.78 Å². The number of nitrogens with one attached hydrogen (secondary N) is 2. The lowest BCUT2D eigenvalue weighted by Gasteiger charge is -1.92. The first-order valence-corrected chi connectivity index (χ1v) is 4.32. The van der Waals surface area contributed by atoms with Gasteiger partial charge in [-0.1, -0.05) is 0 Å². The number of benzene rings is 1. The van der Waals surface area contributed by atoms with Gasteiger partial charge in [-0.3, -0.25) is 4.79 Å². The number of hydrogen-bond acceptors (Lipinski definition) is 1. The smallest absolute Gasteiger partial charge is 0.267 e. The van der Waals surface area contributed by atoms with E-state index < -0.39 is 11.6 Å². The molecule has 0 bridgehead atoms. The Labute approximate surface area is 84.1 Å². The Morgan fingerprint density at radius 1 is 1.40 bits per heavy atom. The van der Waals surface area contributed by atoms with E-state index in [0.717, 1.165) is 6.07 Å². The number of rotatable bonds is 1. The van der Waals surface area contributed by atoms with Crippen molar-refractivity contribution >= 4 is 16.8 Å². The van der Waals surface area contributed by atoms with E-state index in [9.17, 15) is 13.6 Å². The van der Waals surface area contributed by atoms with Gasteiger partial charge in [-0.25, -0.2) is 8.78 Å². The molecule has 0 saturated carbocycles. The highest BCUT2D eigenvalue weighted by molar-refractivity contribution is 5.97. The zero-order chi connectivity index (χ0) is 11.0. The number of amides is 1. The highest BCUT2D eigenvalue weighted by atomic mass is 19.2. The van der Waals surface area contributed by atoms with Crippen LogP contribution in [0.5, 0.6) is 0 Å². The van der Waals surface area contributed by atoms with Crippen molar-refractivity contribution in [3.8, 4) is 0 Å². The molecular formula is C10H8F2N2O. The third-order valence-electron chi connectivity index (χ3n) is 2.16. The van der Waals surface area contributed by atoms with E-state index in [1.807, 2.05) is 0 Å². The van der Waals surface area contributed by atoms with Gasteiger partial charge in [0.1, 0.15) is 5.69 Å². The third kappa shape index (κ3) is 1.45. The summed E-state index contributed by atoms with van der Waals surface area (Å²) in [5, 5.41) is 2.47. The van der Waals surface area contributed by atoms with Gasteiger partial charge in [0, 0.05) is 18.0 Å². The lowest BCUT2D eigenvalue weighted by Crippen LogP contribution is -2.17. The van der Waals surface area contributed by atoms with Gasteiger partial charge in [-0.15, -0.1) is 0 Å². The predicted molar refractivity (Wildman–Crippen MR) is 51.6 cm³/mol. The molecule has 1 amide bonds. The van der Waals surface area contributed by atoms with Gasteiger partial charge in [0.25, 0.3) is 5.91 Å². The lowest BCUT2D eigenvalue weighted by molar-refractivity contribution is 0.0959. The summed E-state index contributed by atoms with van der Waals surface area (Å²) in [6.07, 6.45) is 0. The Kier molecular flexibility index (Phi) is 2.15. The van der Waals surface area contributed by atoms with E-state index >= 15 is 0 Å². The molecule has 5 heteroatoms. The predicted octanol–water partition coefficient (Wildman–Crippen LogP) is 1.81. The molecule has 1 aromatic carbocycles. The number of aromatic amines is 1. The second-order valence-electron chi connectivity index (χ2n) is 3.08. The minimum absolute atomic E-state index is 0.0774. The largest absolute Gasteiger partial charge is 0.354 e. The molecule has 2 rings (SSSR count). The van der Waals surface area contributed by atoms with E-state index in [2.05, 4.69) is 10.3 Å². The Balaban J connectivity index is 2.66. The average molecular weight is 210 g/mol. The van der Waals surface area contributed by atoms with Gasteiger partial charge in [-0.2, -0.15) is 0 Å². The second-order valence-corrected chi connectivity index (χ2v) is 3.08. The standard InChI is InChI=1S/C10H8F2N2O/c1-13-10(15)8-4-5-7(14-8)3-2-6(11)9(5)12/h2-4,14H,1H3,(H,13,15). The molecule has 0 spiro atoms. The maximum atomic E-state index is 13.3. The molecule has 0 aliphatic rings. The zero-order valence-corrected chi connectivity index (χ0v) is 7.90. The van der Waals surface area contributed by atoms with Crippen molar-refractivity contribution in [2.75, 3.05) is 7.05 Å². The zero-order valence-electron chi connectivity index (χ0n) is 7.90. The van der Waals surface area contributed by atoms with Crippen LogP contribution in [0.15, 0.2) is 18.2 Å². The first-order chi connectivity index (χ1) is 7.13. The van der Waals surface area contributed by atoms with Crippen molar-refractivity contribution in [2.24, 2.45) is 0 Å². The molecule has 0 aliphatic carbocycles. The maximum Gasteiger partial charge on any atom is 0.267 e. The van der Waals surface area contributed by atoms with Crippen molar-refractivity contribution < 1.29 is 13.6 Å². The van der Waals surface area contributed by atoms with Gasteiger partial charge >= 0.3 is 0 Å². The van der Waals surface area contributed by atoms with Gasteiger partial charge in [-0.05, 0) is 18.2 Å². The lowest BCUT2D eigenvalue weighted by atomic mass is 10.2. The number of hydrogen-bond donors (Lipinski definition) is 2. The number of carbonyl (C=O) groups is 1. The van der Waals surface area contributed by atoms with E-state index in [0.29, 0.717) is 5.52 Å². The second kappa shape index (κ2) is 3.34. The molecule has 2 N–H and O–H groups in total. The van der Waals surface area contributed by atoms with Crippen molar-refractivity contribution in [1.82, 2.24) is 10.3 Å². The van der Waals surface area contributed by atoms with Crippen LogP contribution in [0.25, 0.3) is 10.9 Å². The summed E-state index contributed by atoms with van der Waals surface area (Å²) in [6.45, 7) is 0. The maximum absolute atomic E-state index is 13.3. The van der Waals surface area contributed by atoms with Gasteiger partial charge in [0.2, 0.25) is 0 Å². The van der Waals surface area contributed by atoms with E-state index in [-0.39, 0.29) is 17.0 Å². The molecule has 0 unspecified atom stereocenters. The molecular weight excluding hydrogens is 202 g/mol. The van der Waals surface area contributed by atoms with Crippen LogP contribution >= 0.6 is 0 Å². The fourth-order valence-electron chi connectivity index (χ4n) is 1.40. The number of fused-ring (bicyclic) bond motifs is 1. The van der Waals surface area contributed by atoms with Crippen LogP contribution in [-0.2, 0) is 0 Å². The summed E-state index contributed by atoms with van der Waals surface area (Å²) >= 11 is 0. The van der Waals surface area contributed by atoms with Gasteiger partial charge in [0.05, 0.1) is 0 Å². The SMILES string of the molecule is CNC(=O)c1cc2c(F)c(F)ccc2[nH]1. The van der Waals surface area contributed by atoms with Crippen molar-refractivity contribution in [1.29, 1.82) is 0 Å². The van der Waals surface area contributed by atoms with Crippen molar-refractivity contribution in [3.05, 3.63) is 35.5 Å². The number of aromatic nitrogens is 1. The Hall–Kier alpha value is -1.91. The summed E-state index contributed by atoms with van der Waals surface area (Å²) < 4.78 is 26.1. The highest BCUT2D eigenvalue weighted by Crippen LogP contribution is 2.21. The quantitative estimate of drug-likeness (QED) is 0.740. The molecule has 0 saturated heterocycles. The van der Waals surface area contributed by atoms with E-state index in [1.165, 1.54) is 19.2 Å².